The molecule has 0 aliphatic rings. The second-order valence-corrected chi connectivity index (χ2v) is 18.8. The zero-order chi connectivity index (χ0) is 41.6. The van der Waals surface area contributed by atoms with Crippen molar-refractivity contribution >= 4 is 13.8 Å². The van der Waals surface area contributed by atoms with Crippen molar-refractivity contribution in [1.29, 1.82) is 0 Å². The molecule has 0 aliphatic carbocycles. The summed E-state index contributed by atoms with van der Waals surface area (Å²) in [5.41, 5.74) is 0. The number of hydrogen-bond acceptors (Lipinski definition) is 5. The van der Waals surface area contributed by atoms with E-state index in [4.69, 9.17) is 19.3 Å². The van der Waals surface area contributed by atoms with Crippen molar-refractivity contribution in [2.45, 2.75) is 290 Å². The van der Waals surface area contributed by atoms with Gasteiger partial charge in [0, 0.05) is 13.0 Å². The summed E-state index contributed by atoms with van der Waals surface area (Å²) in [4.78, 5) is 30.7. The largest absolute Gasteiger partial charge is 0.469 e. The third kappa shape index (κ3) is 49.8. The number of carbonyl (C=O) groups is 1. The second kappa shape index (κ2) is 46.6. The van der Waals surface area contributed by atoms with Crippen molar-refractivity contribution in [2.24, 2.45) is 0 Å². The Balaban J connectivity index is 3.56. The quantitative estimate of drug-likeness (QED) is 0.0358. The lowest BCUT2D eigenvalue weighted by Crippen LogP contribution is -2.28. The molecule has 0 aromatic heterocycles. The molecule has 0 saturated heterocycles. The van der Waals surface area contributed by atoms with Gasteiger partial charge in [0.2, 0.25) is 0 Å². The van der Waals surface area contributed by atoms with E-state index < -0.39 is 13.9 Å². The van der Waals surface area contributed by atoms with E-state index in [9.17, 15) is 9.36 Å². The van der Waals surface area contributed by atoms with E-state index in [0.29, 0.717) is 13.0 Å². The van der Waals surface area contributed by atoms with Gasteiger partial charge in [0.1, 0.15) is 6.10 Å². The highest BCUT2D eigenvalue weighted by molar-refractivity contribution is 7.46. The molecule has 0 unspecified atom stereocenters. The minimum Gasteiger partial charge on any atom is -0.457 e. The predicted octanol–water partition coefficient (Wildman–Crippen LogP) is 16.4. The molecule has 1 atom stereocenters. The SMILES string of the molecule is CCCCCCCCCCCCCCCCCCCCCCCCCCCCCCCC(=O)O[C@H](COCCCCCCCCCCCCCC)COP(=O)(O)O. The Labute approximate surface area is 355 Å². The third-order valence-corrected chi connectivity index (χ3v) is 12.1. The monoisotopic (exact) mass is 831 g/mol. The molecule has 8 heteroatoms. The molecule has 57 heavy (non-hydrogen) atoms. The van der Waals surface area contributed by atoms with Gasteiger partial charge in [0.15, 0.2) is 0 Å². The summed E-state index contributed by atoms with van der Waals surface area (Å²) in [6.45, 7) is 4.81. The molecule has 342 valence electrons. The van der Waals surface area contributed by atoms with Gasteiger partial charge in [-0.3, -0.25) is 9.32 Å². The Bertz CT molecular complexity index is 835. The average Bonchev–Trinajstić information content (AvgIpc) is 3.19. The molecule has 7 nitrogen and oxygen atoms in total. The maximum absolute atomic E-state index is 12.5. The van der Waals surface area contributed by atoms with Gasteiger partial charge in [-0.15, -0.1) is 0 Å². The molecule has 0 radical (unpaired) electrons. The van der Waals surface area contributed by atoms with Gasteiger partial charge in [-0.25, -0.2) is 4.57 Å². The van der Waals surface area contributed by atoms with Crippen LogP contribution in [-0.4, -0.2) is 41.7 Å². The predicted molar refractivity (Wildman–Crippen MR) is 244 cm³/mol. The number of hydrogen-bond donors (Lipinski definition) is 2. The highest BCUT2D eigenvalue weighted by Gasteiger charge is 2.21. The fourth-order valence-electron chi connectivity index (χ4n) is 7.92. The smallest absolute Gasteiger partial charge is 0.457 e. The molecule has 0 amide bonds. The van der Waals surface area contributed by atoms with E-state index in [1.54, 1.807) is 0 Å². The first kappa shape index (κ1) is 56.5. The van der Waals surface area contributed by atoms with Crippen molar-refractivity contribution in [3.05, 3.63) is 0 Å². The average molecular weight is 831 g/mol. The lowest BCUT2D eigenvalue weighted by Gasteiger charge is -2.18. The van der Waals surface area contributed by atoms with E-state index in [-0.39, 0.29) is 19.2 Å². The first-order chi connectivity index (χ1) is 27.9. The molecule has 0 bridgehead atoms. The zero-order valence-corrected chi connectivity index (χ0v) is 39.2. The van der Waals surface area contributed by atoms with Gasteiger partial charge in [-0.2, -0.15) is 0 Å². The molecule has 2 N–H and O–H groups in total. The Hall–Kier alpha value is -0.460. The first-order valence-corrected chi connectivity index (χ1v) is 26.9. The van der Waals surface area contributed by atoms with Crippen LogP contribution in [-0.2, 0) is 23.4 Å². The molecule has 0 heterocycles. The van der Waals surface area contributed by atoms with Crippen LogP contribution in [0.2, 0.25) is 0 Å². The highest BCUT2D eigenvalue weighted by Crippen LogP contribution is 2.36. The third-order valence-electron chi connectivity index (χ3n) is 11.7. The minimum atomic E-state index is -4.65. The maximum Gasteiger partial charge on any atom is 0.469 e. The van der Waals surface area contributed by atoms with Crippen LogP contribution in [0.25, 0.3) is 0 Å². The highest BCUT2D eigenvalue weighted by atomic mass is 31.2. The summed E-state index contributed by atoms with van der Waals surface area (Å²) in [7, 11) is -4.65. The lowest BCUT2D eigenvalue weighted by atomic mass is 10.0. The summed E-state index contributed by atoms with van der Waals surface area (Å²) in [5.74, 6) is -0.353. The molecular formula is C49H99O7P. The Morgan fingerprint density at radius 2 is 0.667 bits per heavy atom. The second-order valence-electron chi connectivity index (χ2n) is 17.5. The molecular weight excluding hydrogens is 732 g/mol. The van der Waals surface area contributed by atoms with Crippen LogP contribution in [0.15, 0.2) is 0 Å². The van der Waals surface area contributed by atoms with Crippen LogP contribution in [0.4, 0.5) is 0 Å². The maximum atomic E-state index is 12.5. The standard InChI is InChI=1S/C49H99O7P/c1-3-5-7-9-11-13-15-17-18-19-20-21-22-23-24-25-26-27-28-29-30-31-32-33-34-36-38-40-42-44-49(50)56-48(47-55-57(51,52)53)46-54-45-43-41-39-37-35-16-14-12-10-8-6-4-2/h48H,3-47H2,1-2H3,(H2,51,52,53)/t48-/m1/s1. The van der Waals surface area contributed by atoms with Crippen molar-refractivity contribution in [3.8, 4) is 0 Å². The van der Waals surface area contributed by atoms with Gasteiger partial charge in [0.05, 0.1) is 13.2 Å². The van der Waals surface area contributed by atoms with Gasteiger partial charge in [0.25, 0.3) is 0 Å². The van der Waals surface area contributed by atoms with E-state index in [2.05, 4.69) is 18.4 Å². The van der Waals surface area contributed by atoms with Crippen LogP contribution in [0.3, 0.4) is 0 Å². The van der Waals surface area contributed by atoms with Crippen LogP contribution < -0.4 is 0 Å². The zero-order valence-electron chi connectivity index (χ0n) is 38.3. The number of rotatable bonds is 49. The topological polar surface area (TPSA) is 102 Å². The minimum absolute atomic E-state index is 0.0867. The molecule has 0 spiro atoms. The number of unbranched alkanes of at least 4 members (excludes halogenated alkanes) is 39. The number of carbonyl (C=O) groups excluding carboxylic acids is 1. The van der Waals surface area contributed by atoms with Gasteiger partial charge >= 0.3 is 13.8 Å². The summed E-state index contributed by atoms with van der Waals surface area (Å²) in [5, 5.41) is 0. The van der Waals surface area contributed by atoms with E-state index >= 15 is 0 Å². The first-order valence-electron chi connectivity index (χ1n) is 25.4. The van der Waals surface area contributed by atoms with Crippen LogP contribution in [0, 0.1) is 0 Å². The van der Waals surface area contributed by atoms with E-state index in [1.165, 1.54) is 231 Å². The van der Waals surface area contributed by atoms with Crippen molar-refractivity contribution in [3.63, 3.8) is 0 Å². The molecule has 0 rings (SSSR count). The Morgan fingerprint density at radius 1 is 0.404 bits per heavy atom. The molecule has 0 saturated carbocycles. The Kier molecular flexibility index (Phi) is 46.2. The van der Waals surface area contributed by atoms with Crippen molar-refractivity contribution in [2.75, 3.05) is 19.8 Å². The lowest BCUT2D eigenvalue weighted by molar-refractivity contribution is -0.154. The van der Waals surface area contributed by atoms with Gasteiger partial charge in [-0.05, 0) is 12.8 Å². The van der Waals surface area contributed by atoms with Crippen molar-refractivity contribution in [1.82, 2.24) is 0 Å². The van der Waals surface area contributed by atoms with Gasteiger partial charge in [-0.1, -0.05) is 264 Å². The summed E-state index contributed by atoms with van der Waals surface area (Å²) in [6, 6.07) is 0. The number of ether oxygens (including phenoxy) is 2. The van der Waals surface area contributed by atoms with E-state index in [0.717, 1.165) is 32.1 Å². The summed E-state index contributed by atoms with van der Waals surface area (Å²) < 4.78 is 27.1. The number of phosphoric acid groups is 1. The fraction of sp³-hybridized carbons (Fsp3) is 0.980. The molecule has 0 fully saturated rings. The van der Waals surface area contributed by atoms with Gasteiger partial charge < -0.3 is 19.3 Å². The molecule has 0 aromatic carbocycles. The summed E-state index contributed by atoms with van der Waals surface area (Å²) >= 11 is 0. The number of esters is 1. The molecule has 0 aromatic rings. The summed E-state index contributed by atoms with van der Waals surface area (Å²) in [6.07, 6.45) is 54.2. The van der Waals surface area contributed by atoms with Crippen molar-refractivity contribution < 1.29 is 33.1 Å². The van der Waals surface area contributed by atoms with Crippen LogP contribution in [0.1, 0.15) is 284 Å². The van der Waals surface area contributed by atoms with E-state index in [1.807, 2.05) is 0 Å². The number of phosphoric ester groups is 1. The van der Waals surface area contributed by atoms with Crippen LogP contribution in [0.5, 0.6) is 0 Å². The normalized spacial score (nSPS) is 12.4. The van der Waals surface area contributed by atoms with Crippen LogP contribution >= 0.6 is 7.82 Å². The Morgan fingerprint density at radius 3 is 0.947 bits per heavy atom. The fourth-order valence-corrected chi connectivity index (χ4v) is 8.28. The molecule has 0 aliphatic heterocycles.